The number of benzene rings is 1. The standard InChI is InChI=1S/C18H20N4O4/c19-16(23)12-2-1-3-14(10-12)26-15-5-4-13(11-21-15)22-17(24)18(20)6-8-25-9-7-18/h1-5,10-11H,6-9,20H2,(H2,19,23)(H,22,24). The molecule has 0 unspecified atom stereocenters. The Bertz CT molecular complexity index is 801. The van der Waals surface area contributed by atoms with Gasteiger partial charge in [-0.15, -0.1) is 0 Å². The van der Waals surface area contributed by atoms with E-state index in [2.05, 4.69) is 10.3 Å². The third-order valence-electron chi connectivity index (χ3n) is 4.17. The van der Waals surface area contributed by atoms with Gasteiger partial charge in [-0.1, -0.05) is 6.07 Å². The van der Waals surface area contributed by atoms with Crippen molar-refractivity contribution in [3.8, 4) is 11.6 Å². The van der Waals surface area contributed by atoms with E-state index in [4.69, 9.17) is 20.9 Å². The first kappa shape index (κ1) is 17.8. The molecular formula is C18H20N4O4. The minimum Gasteiger partial charge on any atom is -0.439 e. The first-order valence-electron chi connectivity index (χ1n) is 8.18. The van der Waals surface area contributed by atoms with E-state index in [1.165, 1.54) is 12.3 Å². The van der Waals surface area contributed by atoms with E-state index in [-0.39, 0.29) is 5.91 Å². The van der Waals surface area contributed by atoms with Crippen LogP contribution >= 0.6 is 0 Å². The molecule has 3 rings (SSSR count). The topological polar surface area (TPSA) is 130 Å². The second-order valence-corrected chi connectivity index (χ2v) is 6.10. The quantitative estimate of drug-likeness (QED) is 0.743. The van der Waals surface area contributed by atoms with E-state index < -0.39 is 11.4 Å². The van der Waals surface area contributed by atoms with Crippen molar-refractivity contribution in [3.05, 3.63) is 48.2 Å². The summed E-state index contributed by atoms with van der Waals surface area (Å²) in [4.78, 5) is 27.7. The molecule has 26 heavy (non-hydrogen) atoms. The second-order valence-electron chi connectivity index (χ2n) is 6.10. The highest BCUT2D eigenvalue weighted by Gasteiger charge is 2.35. The Hall–Kier alpha value is -2.97. The number of hydrogen-bond donors (Lipinski definition) is 3. The molecule has 1 aliphatic rings. The largest absolute Gasteiger partial charge is 0.439 e. The average Bonchev–Trinajstić information content (AvgIpc) is 2.64. The van der Waals surface area contributed by atoms with Crippen LogP contribution in [-0.2, 0) is 9.53 Å². The van der Waals surface area contributed by atoms with Gasteiger partial charge in [-0.05, 0) is 37.1 Å². The number of nitrogens with one attached hydrogen (secondary N) is 1. The number of rotatable bonds is 5. The monoisotopic (exact) mass is 356 g/mol. The van der Waals surface area contributed by atoms with Crippen molar-refractivity contribution in [2.75, 3.05) is 18.5 Å². The lowest BCUT2D eigenvalue weighted by Gasteiger charge is -2.31. The maximum absolute atomic E-state index is 12.4. The molecule has 0 spiro atoms. The van der Waals surface area contributed by atoms with E-state index in [0.717, 1.165) is 0 Å². The number of carbonyl (C=O) groups is 2. The summed E-state index contributed by atoms with van der Waals surface area (Å²) in [5.74, 6) is -0.0393. The van der Waals surface area contributed by atoms with Gasteiger partial charge in [0.1, 0.15) is 11.3 Å². The second kappa shape index (κ2) is 7.51. The highest BCUT2D eigenvalue weighted by Crippen LogP contribution is 2.23. The Morgan fingerprint density at radius 1 is 1.19 bits per heavy atom. The third-order valence-corrected chi connectivity index (χ3v) is 4.17. The van der Waals surface area contributed by atoms with E-state index in [1.807, 2.05) is 0 Å². The van der Waals surface area contributed by atoms with Crippen molar-refractivity contribution in [3.63, 3.8) is 0 Å². The first-order chi connectivity index (χ1) is 12.5. The number of nitrogens with zero attached hydrogens (tertiary/aromatic N) is 1. The van der Waals surface area contributed by atoms with E-state index >= 15 is 0 Å². The van der Waals surface area contributed by atoms with Crippen LogP contribution in [0.4, 0.5) is 5.69 Å². The molecule has 8 nitrogen and oxygen atoms in total. The van der Waals surface area contributed by atoms with Crippen molar-refractivity contribution in [1.82, 2.24) is 4.98 Å². The Morgan fingerprint density at radius 3 is 2.62 bits per heavy atom. The van der Waals surface area contributed by atoms with Gasteiger partial charge in [-0.25, -0.2) is 4.98 Å². The summed E-state index contributed by atoms with van der Waals surface area (Å²) >= 11 is 0. The van der Waals surface area contributed by atoms with Gasteiger partial charge in [0.05, 0.1) is 11.9 Å². The molecule has 1 fully saturated rings. The molecule has 2 aromatic rings. The number of carbonyl (C=O) groups excluding carboxylic acids is 2. The highest BCUT2D eigenvalue weighted by atomic mass is 16.5. The lowest BCUT2D eigenvalue weighted by molar-refractivity contribution is -0.124. The molecule has 2 amide bonds. The highest BCUT2D eigenvalue weighted by molar-refractivity contribution is 5.98. The van der Waals surface area contributed by atoms with Crippen LogP contribution in [0.3, 0.4) is 0 Å². The minimum absolute atomic E-state index is 0.259. The van der Waals surface area contributed by atoms with Crippen LogP contribution in [0.2, 0.25) is 0 Å². The summed E-state index contributed by atoms with van der Waals surface area (Å²) in [7, 11) is 0. The van der Waals surface area contributed by atoms with Gasteiger partial charge in [0.25, 0.3) is 0 Å². The Kier molecular flexibility index (Phi) is 5.15. The zero-order valence-electron chi connectivity index (χ0n) is 14.1. The summed E-state index contributed by atoms with van der Waals surface area (Å²) < 4.78 is 10.8. The number of anilines is 1. The zero-order valence-corrected chi connectivity index (χ0v) is 14.1. The number of nitrogens with two attached hydrogens (primary N) is 2. The van der Waals surface area contributed by atoms with Crippen LogP contribution in [0.15, 0.2) is 42.6 Å². The predicted octanol–water partition coefficient (Wildman–Crippen LogP) is 1.42. The molecule has 0 radical (unpaired) electrons. The number of aromatic nitrogens is 1. The summed E-state index contributed by atoms with van der Waals surface area (Å²) in [6.07, 6.45) is 2.43. The van der Waals surface area contributed by atoms with Crippen LogP contribution in [0, 0.1) is 0 Å². The Morgan fingerprint density at radius 2 is 1.96 bits per heavy atom. The molecule has 1 saturated heterocycles. The molecule has 2 heterocycles. The molecular weight excluding hydrogens is 336 g/mol. The van der Waals surface area contributed by atoms with Crippen molar-refractivity contribution in [1.29, 1.82) is 0 Å². The van der Waals surface area contributed by atoms with Crippen molar-refractivity contribution >= 4 is 17.5 Å². The third kappa shape index (κ3) is 4.16. The van der Waals surface area contributed by atoms with Crippen molar-refractivity contribution in [2.24, 2.45) is 11.5 Å². The molecule has 0 atom stereocenters. The van der Waals surface area contributed by atoms with Crippen molar-refractivity contribution in [2.45, 2.75) is 18.4 Å². The smallest absolute Gasteiger partial charge is 0.248 e. The fraction of sp³-hybridized carbons (Fsp3) is 0.278. The maximum Gasteiger partial charge on any atom is 0.248 e. The zero-order chi connectivity index (χ0) is 18.6. The fourth-order valence-corrected chi connectivity index (χ4v) is 2.57. The molecule has 0 bridgehead atoms. The summed E-state index contributed by atoms with van der Waals surface area (Å²) in [6.45, 7) is 0.943. The summed E-state index contributed by atoms with van der Waals surface area (Å²) in [6, 6.07) is 9.76. The van der Waals surface area contributed by atoms with Crippen LogP contribution in [0.25, 0.3) is 0 Å². The Labute approximate surface area is 150 Å². The molecule has 1 aromatic carbocycles. The van der Waals surface area contributed by atoms with Gasteiger partial charge in [0.15, 0.2) is 0 Å². The molecule has 136 valence electrons. The normalized spacial score (nSPS) is 15.9. The fourth-order valence-electron chi connectivity index (χ4n) is 2.57. The first-order valence-corrected chi connectivity index (χ1v) is 8.18. The van der Waals surface area contributed by atoms with E-state index in [0.29, 0.717) is 48.9 Å². The lowest BCUT2D eigenvalue weighted by Crippen LogP contribution is -2.54. The van der Waals surface area contributed by atoms with E-state index in [9.17, 15) is 9.59 Å². The molecule has 0 saturated carbocycles. The number of ether oxygens (including phenoxy) is 2. The number of amides is 2. The average molecular weight is 356 g/mol. The van der Waals surface area contributed by atoms with Gasteiger partial charge in [-0.3, -0.25) is 9.59 Å². The van der Waals surface area contributed by atoms with Gasteiger partial charge < -0.3 is 26.3 Å². The lowest BCUT2D eigenvalue weighted by atomic mass is 9.90. The van der Waals surface area contributed by atoms with Crippen molar-refractivity contribution < 1.29 is 19.1 Å². The van der Waals surface area contributed by atoms with Crippen LogP contribution in [0.1, 0.15) is 23.2 Å². The van der Waals surface area contributed by atoms with Crippen LogP contribution in [0.5, 0.6) is 11.6 Å². The maximum atomic E-state index is 12.4. The van der Waals surface area contributed by atoms with Gasteiger partial charge >= 0.3 is 0 Å². The molecule has 1 aromatic heterocycles. The summed E-state index contributed by atoms with van der Waals surface area (Å²) in [5.41, 5.74) is 11.3. The van der Waals surface area contributed by atoms with Gasteiger partial charge in [0, 0.05) is 24.8 Å². The number of pyridine rings is 1. The molecule has 0 aliphatic carbocycles. The van der Waals surface area contributed by atoms with Crippen LogP contribution < -0.4 is 21.5 Å². The Balaban J connectivity index is 1.64. The molecule has 8 heteroatoms. The number of primary amides is 1. The van der Waals surface area contributed by atoms with Gasteiger partial charge in [0.2, 0.25) is 17.7 Å². The SMILES string of the molecule is NC(=O)c1cccc(Oc2ccc(NC(=O)C3(N)CCOCC3)cn2)c1. The predicted molar refractivity (Wildman–Crippen MR) is 94.9 cm³/mol. The summed E-state index contributed by atoms with van der Waals surface area (Å²) in [5, 5.41) is 2.77. The number of hydrogen-bond acceptors (Lipinski definition) is 6. The van der Waals surface area contributed by atoms with E-state index in [1.54, 1.807) is 30.3 Å². The minimum atomic E-state index is -0.928. The molecule has 5 N–H and O–H groups in total. The molecule has 1 aliphatic heterocycles. The van der Waals surface area contributed by atoms with Crippen LogP contribution in [-0.4, -0.2) is 35.6 Å². The van der Waals surface area contributed by atoms with Gasteiger partial charge in [-0.2, -0.15) is 0 Å².